The van der Waals surface area contributed by atoms with E-state index in [4.69, 9.17) is 16.3 Å². The van der Waals surface area contributed by atoms with E-state index >= 15 is 0 Å². The SMILES string of the molecule is O=C(Cl)c1nc(Br)c2cc(Oc3ccccc3)ccc2c1O. The predicted octanol–water partition coefficient (Wildman–Crippen LogP) is 4.87. The minimum atomic E-state index is -0.815. The molecular weight excluding hydrogens is 370 g/mol. The van der Waals surface area contributed by atoms with Crippen molar-refractivity contribution < 1.29 is 14.6 Å². The zero-order valence-corrected chi connectivity index (χ0v) is 13.4. The van der Waals surface area contributed by atoms with Gasteiger partial charge in [0.2, 0.25) is 0 Å². The maximum absolute atomic E-state index is 11.3. The van der Waals surface area contributed by atoms with Crippen LogP contribution in [0.15, 0.2) is 53.1 Å². The first-order valence-electron chi connectivity index (χ1n) is 6.31. The van der Waals surface area contributed by atoms with Crippen molar-refractivity contribution >= 4 is 43.5 Å². The summed E-state index contributed by atoms with van der Waals surface area (Å²) in [6.07, 6.45) is 0. The zero-order valence-electron chi connectivity index (χ0n) is 11.1. The number of halogens is 2. The van der Waals surface area contributed by atoms with Gasteiger partial charge in [-0.2, -0.15) is 0 Å². The number of para-hydroxylation sites is 1. The van der Waals surface area contributed by atoms with E-state index in [9.17, 15) is 9.90 Å². The van der Waals surface area contributed by atoms with Crippen LogP contribution in [-0.4, -0.2) is 15.3 Å². The molecular formula is C16H9BrClNO3. The lowest BCUT2D eigenvalue weighted by Gasteiger charge is -2.10. The zero-order chi connectivity index (χ0) is 15.7. The molecule has 0 aliphatic heterocycles. The number of aromatic hydroxyl groups is 1. The van der Waals surface area contributed by atoms with Gasteiger partial charge in [-0.3, -0.25) is 4.79 Å². The molecule has 1 N–H and O–H groups in total. The molecule has 0 fully saturated rings. The topological polar surface area (TPSA) is 59.4 Å². The second-order valence-corrected chi connectivity index (χ2v) is 5.59. The van der Waals surface area contributed by atoms with Gasteiger partial charge in [0.05, 0.1) is 0 Å². The van der Waals surface area contributed by atoms with Crippen molar-refractivity contribution in [3.63, 3.8) is 0 Å². The number of fused-ring (bicyclic) bond motifs is 1. The summed E-state index contributed by atoms with van der Waals surface area (Å²) in [5.74, 6) is 1.04. The third-order valence-corrected chi connectivity index (χ3v) is 3.85. The summed E-state index contributed by atoms with van der Waals surface area (Å²) < 4.78 is 6.14. The minimum absolute atomic E-state index is 0.183. The predicted molar refractivity (Wildman–Crippen MR) is 87.8 cm³/mol. The highest BCUT2D eigenvalue weighted by Crippen LogP contribution is 2.36. The summed E-state index contributed by atoms with van der Waals surface area (Å²) in [5, 5.41) is 10.4. The Balaban J connectivity index is 2.09. The van der Waals surface area contributed by atoms with Crippen molar-refractivity contribution in [1.82, 2.24) is 4.98 Å². The monoisotopic (exact) mass is 377 g/mol. The number of hydrogen-bond donors (Lipinski definition) is 1. The van der Waals surface area contributed by atoms with E-state index in [1.165, 1.54) is 0 Å². The number of benzene rings is 2. The Morgan fingerprint density at radius 3 is 2.50 bits per heavy atom. The van der Waals surface area contributed by atoms with E-state index in [0.717, 1.165) is 0 Å². The molecule has 0 aliphatic carbocycles. The fourth-order valence-electron chi connectivity index (χ4n) is 2.06. The van der Waals surface area contributed by atoms with Crippen LogP contribution >= 0.6 is 27.5 Å². The quantitative estimate of drug-likeness (QED) is 0.521. The number of carbonyl (C=O) groups is 1. The van der Waals surface area contributed by atoms with E-state index in [2.05, 4.69) is 20.9 Å². The molecule has 6 heteroatoms. The van der Waals surface area contributed by atoms with Crippen LogP contribution in [0.25, 0.3) is 10.8 Å². The van der Waals surface area contributed by atoms with Crippen LogP contribution in [0.5, 0.6) is 17.2 Å². The van der Waals surface area contributed by atoms with Crippen LogP contribution < -0.4 is 4.74 Å². The first-order chi connectivity index (χ1) is 10.6. The van der Waals surface area contributed by atoms with Gasteiger partial charge in [-0.25, -0.2) is 4.98 Å². The van der Waals surface area contributed by atoms with Crippen molar-refractivity contribution in [2.24, 2.45) is 0 Å². The Hall–Kier alpha value is -2.11. The van der Waals surface area contributed by atoms with Gasteiger partial charge in [-0.15, -0.1) is 0 Å². The summed E-state index contributed by atoms with van der Waals surface area (Å²) in [6, 6.07) is 14.4. The maximum atomic E-state index is 11.3. The fourth-order valence-corrected chi connectivity index (χ4v) is 2.70. The van der Waals surface area contributed by atoms with Crippen molar-refractivity contribution in [2.45, 2.75) is 0 Å². The molecule has 2 aromatic carbocycles. The molecule has 0 saturated carbocycles. The third-order valence-electron chi connectivity index (χ3n) is 3.07. The molecule has 4 nitrogen and oxygen atoms in total. The first kappa shape index (κ1) is 14.8. The standard InChI is InChI=1S/C16H9BrClNO3/c17-15-12-8-10(22-9-4-2-1-3-5-9)6-7-11(12)14(20)13(19-15)16(18)21/h1-8,20H. The number of aromatic nitrogens is 1. The lowest BCUT2D eigenvalue weighted by Crippen LogP contribution is -1.97. The van der Waals surface area contributed by atoms with Crippen LogP contribution in [-0.2, 0) is 0 Å². The molecule has 3 rings (SSSR count). The van der Waals surface area contributed by atoms with Gasteiger partial charge < -0.3 is 9.84 Å². The number of pyridine rings is 1. The average molecular weight is 379 g/mol. The number of ether oxygens (including phenoxy) is 1. The van der Waals surface area contributed by atoms with E-state index in [1.807, 2.05) is 30.3 Å². The van der Waals surface area contributed by atoms with Gasteiger partial charge in [0.25, 0.3) is 5.24 Å². The Bertz CT molecular complexity index is 868. The molecule has 0 bridgehead atoms. The Morgan fingerprint density at radius 1 is 1.09 bits per heavy atom. The third kappa shape index (κ3) is 2.77. The molecule has 110 valence electrons. The largest absolute Gasteiger partial charge is 0.505 e. The van der Waals surface area contributed by atoms with Gasteiger partial charge in [0.1, 0.15) is 16.1 Å². The highest BCUT2D eigenvalue weighted by atomic mass is 79.9. The van der Waals surface area contributed by atoms with Crippen molar-refractivity contribution in [3.8, 4) is 17.2 Å². The molecule has 1 aromatic heterocycles. The highest BCUT2D eigenvalue weighted by Gasteiger charge is 2.17. The summed E-state index contributed by atoms with van der Waals surface area (Å²) >= 11 is 8.69. The molecule has 3 aromatic rings. The summed E-state index contributed by atoms with van der Waals surface area (Å²) in [4.78, 5) is 15.2. The smallest absolute Gasteiger partial charge is 0.274 e. The molecule has 0 spiro atoms. The van der Waals surface area contributed by atoms with Crippen molar-refractivity contribution in [2.75, 3.05) is 0 Å². The van der Waals surface area contributed by atoms with Gasteiger partial charge in [0, 0.05) is 10.8 Å². The average Bonchev–Trinajstić information content (AvgIpc) is 2.51. The molecule has 22 heavy (non-hydrogen) atoms. The van der Waals surface area contributed by atoms with Gasteiger partial charge >= 0.3 is 0 Å². The molecule has 0 radical (unpaired) electrons. The molecule has 0 atom stereocenters. The Kier molecular flexibility index (Phi) is 4.00. The van der Waals surface area contributed by atoms with Gasteiger partial charge in [0.15, 0.2) is 11.4 Å². The van der Waals surface area contributed by atoms with Crippen molar-refractivity contribution in [3.05, 3.63) is 58.8 Å². The van der Waals surface area contributed by atoms with Crippen LogP contribution in [0, 0.1) is 0 Å². The maximum Gasteiger partial charge on any atom is 0.274 e. The molecule has 0 unspecified atom stereocenters. The fraction of sp³-hybridized carbons (Fsp3) is 0. The number of nitrogens with zero attached hydrogens (tertiary/aromatic N) is 1. The summed E-state index contributed by atoms with van der Waals surface area (Å²) in [7, 11) is 0. The van der Waals surface area contributed by atoms with Crippen LogP contribution in [0.2, 0.25) is 0 Å². The van der Waals surface area contributed by atoms with Crippen LogP contribution in [0.4, 0.5) is 0 Å². The Labute approximate surface area is 139 Å². The highest BCUT2D eigenvalue weighted by molar-refractivity contribution is 9.10. The van der Waals surface area contributed by atoms with E-state index in [0.29, 0.717) is 26.9 Å². The van der Waals surface area contributed by atoms with E-state index in [-0.39, 0.29) is 11.4 Å². The molecule has 0 aliphatic rings. The Morgan fingerprint density at radius 2 is 1.82 bits per heavy atom. The van der Waals surface area contributed by atoms with Crippen molar-refractivity contribution in [1.29, 1.82) is 0 Å². The molecule has 0 amide bonds. The van der Waals surface area contributed by atoms with E-state index < -0.39 is 5.24 Å². The lowest BCUT2D eigenvalue weighted by atomic mass is 10.1. The number of rotatable bonds is 3. The van der Waals surface area contributed by atoms with Crippen LogP contribution in [0.1, 0.15) is 10.5 Å². The van der Waals surface area contributed by atoms with E-state index in [1.54, 1.807) is 18.2 Å². The lowest BCUT2D eigenvalue weighted by molar-refractivity contribution is 0.107. The summed E-state index contributed by atoms with van der Waals surface area (Å²) in [6.45, 7) is 0. The first-order valence-corrected chi connectivity index (χ1v) is 7.48. The normalized spacial score (nSPS) is 10.6. The second kappa shape index (κ2) is 5.94. The van der Waals surface area contributed by atoms with Gasteiger partial charge in [-0.1, -0.05) is 18.2 Å². The summed E-state index contributed by atoms with van der Waals surface area (Å²) in [5.41, 5.74) is -0.183. The minimum Gasteiger partial charge on any atom is -0.505 e. The second-order valence-electron chi connectivity index (χ2n) is 4.50. The van der Waals surface area contributed by atoms with Crippen LogP contribution in [0.3, 0.4) is 0 Å². The number of carbonyl (C=O) groups excluding carboxylic acids is 1. The van der Waals surface area contributed by atoms with Gasteiger partial charge in [-0.05, 0) is 57.9 Å². The molecule has 0 saturated heterocycles. The molecule has 1 heterocycles. The number of hydrogen-bond acceptors (Lipinski definition) is 4.